The Morgan fingerprint density at radius 3 is 1.71 bits per heavy atom. The molecule has 0 fully saturated rings. The number of hydrogen-bond donors (Lipinski definition) is 0. The highest BCUT2D eigenvalue weighted by Gasteiger charge is 2.14. The second-order valence-electron chi connectivity index (χ2n) is 5.18. The van der Waals surface area contributed by atoms with E-state index in [1.165, 1.54) is 12.1 Å². The van der Waals surface area contributed by atoms with E-state index >= 15 is 0 Å². The van der Waals surface area contributed by atoms with E-state index in [0.29, 0.717) is 11.3 Å². The molecule has 0 aliphatic heterocycles. The number of methoxy groups -OCH3 is 1. The van der Waals surface area contributed by atoms with E-state index in [1.807, 2.05) is 0 Å². The van der Waals surface area contributed by atoms with Crippen LogP contribution in [0, 0.1) is 23.3 Å². The SMILES string of the molecule is COc1ccc(-c2ccc(-c3cc(F)c(F)c(F)c3)c(F)c2)cc1. The summed E-state index contributed by atoms with van der Waals surface area (Å²) in [5.74, 6) is -4.27. The zero-order valence-electron chi connectivity index (χ0n) is 12.6. The number of benzene rings is 3. The van der Waals surface area contributed by atoms with Crippen molar-refractivity contribution in [3.05, 3.63) is 77.9 Å². The minimum atomic E-state index is -1.57. The van der Waals surface area contributed by atoms with Gasteiger partial charge in [0, 0.05) is 5.56 Å². The minimum absolute atomic E-state index is 0.00920. The quantitative estimate of drug-likeness (QED) is 0.449. The predicted octanol–water partition coefficient (Wildman–Crippen LogP) is 5.59. The average molecular weight is 332 g/mol. The highest BCUT2D eigenvalue weighted by Crippen LogP contribution is 2.30. The van der Waals surface area contributed by atoms with E-state index in [4.69, 9.17) is 4.74 Å². The fraction of sp³-hybridized carbons (Fsp3) is 0.0526. The van der Waals surface area contributed by atoms with E-state index in [0.717, 1.165) is 17.7 Å². The Kier molecular flexibility index (Phi) is 4.25. The van der Waals surface area contributed by atoms with Crippen LogP contribution in [0.2, 0.25) is 0 Å². The normalized spacial score (nSPS) is 10.7. The molecule has 0 aromatic heterocycles. The lowest BCUT2D eigenvalue weighted by molar-refractivity contribution is 0.415. The topological polar surface area (TPSA) is 9.23 Å². The molecule has 0 unspecified atom stereocenters. The summed E-state index contributed by atoms with van der Waals surface area (Å²) in [6.07, 6.45) is 0. The van der Waals surface area contributed by atoms with Crippen LogP contribution in [0.1, 0.15) is 0 Å². The Morgan fingerprint density at radius 2 is 1.17 bits per heavy atom. The van der Waals surface area contributed by atoms with Gasteiger partial charge in [-0.2, -0.15) is 0 Å². The summed E-state index contributed by atoms with van der Waals surface area (Å²) < 4.78 is 59.1. The van der Waals surface area contributed by atoms with Gasteiger partial charge in [0.25, 0.3) is 0 Å². The van der Waals surface area contributed by atoms with Crippen LogP contribution >= 0.6 is 0 Å². The average Bonchev–Trinajstić information content (AvgIpc) is 2.59. The van der Waals surface area contributed by atoms with Gasteiger partial charge in [0.1, 0.15) is 11.6 Å². The molecule has 1 nitrogen and oxygen atoms in total. The first-order valence-electron chi connectivity index (χ1n) is 7.08. The van der Waals surface area contributed by atoms with Crippen LogP contribution in [-0.4, -0.2) is 7.11 Å². The Balaban J connectivity index is 2.00. The number of rotatable bonds is 3. The molecule has 122 valence electrons. The smallest absolute Gasteiger partial charge is 0.194 e. The molecule has 0 aliphatic carbocycles. The molecule has 3 rings (SSSR count). The largest absolute Gasteiger partial charge is 0.497 e. The molecular weight excluding hydrogens is 320 g/mol. The van der Waals surface area contributed by atoms with E-state index in [-0.39, 0.29) is 11.1 Å². The predicted molar refractivity (Wildman–Crippen MR) is 83.7 cm³/mol. The third kappa shape index (κ3) is 2.97. The zero-order chi connectivity index (χ0) is 17.3. The fourth-order valence-electron chi connectivity index (χ4n) is 2.42. The lowest BCUT2D eigenvalue weighted by atomic mass is 9.99. The summed E-state index contributed by atoms with van der Waals surface area (Å²) in [6, 6.07) is 12.8. The Labute approximate surface area is 136 Å². The number of ether oxygens (including phenoxy) is 1. The van der Waals surface area contributed by atoms with Crippen molar-refractivity contribution in [3.63, 3.8) is 0 Å². The maximum Gasteiger partial charge on any atom is 0.194 e. The second-order valence-corrected chi connectivity index (χ2v) is 5.18. The lowest BCUT2D eigenvalue weighted by Gasteiger charge is -2.08. The van der Waals surface area contributed by atoms with Crippen LogP contribution < -0.4 is 4.74 Å². The molecule has 0 spiro atoms. The van der Waals surface area contributed by atoms with Gasteiger partial charge >= 0.3 is 0 Å². The van der Waals surface area contributed by atoms with Gasteiger partial charge in [0.05, 0.1) is 7.11 Å². The summed E-state index contributed by atoms with van der Waals surface area (Å²) >= 11 is 0. The van der Waals surface area contributed by atoms with Crippen LogP contribution in [0.4, 0.5) is 17.6 Å². The molecule has 3 aromatic carbocycles. The molecule has 0 aliphatic rings. The zero-order valence-corrected chi connectivity index (χ0v) is 12.6. The summed E-state index contributed by atoms with van der Waals surface area (Å²) in [4.78, 5) is 0. The Hall–Kier alpha value is -2.82. The first-order valence-corrected chi connectivity index (χ1v) is 7.08. The number of hydrogen-bond acceptors (Lipinski definition) is 1. The van der Waals surface area contributed by atoms with Gasteiger partial charge in [-0.15, -0.1) is 0 Å². The van der Waals surface area contributed by atoms with Crippen molar-refractivity contribution in [1.82, 2.24) is 0 Å². The van der Waals surface area contributed by atoms with Gasteiger partial charge in [-0.05, 0) is 47.0 Å². The molecule has 24 heavy (non-hydrogen) atoms. The molecule has 0 saturated carbocycles. The van der Waals surface area contributed by atoms with Gasteiger partial charge in [-0.3, -0.25) is 0 Å². The molecule has 0 radical (unpaired) electrons. The Morgan fingerprint density at radius 1 is 0.625 bits per heavy atom. The van der Waals surface area contributed by atoms with Crippen molar-refractivity contribution in [2.75, 3.05) is 7.11 Å². The highest BCUT2D eigenvalue weighted by molar-refractivity contribution is 5.71. The summed E-state index contributed by atoms with van der Waals surface area (Å²) in [5.41, 5.74) is 1.29. The minimum Gasteiger partial charge on any atom is -0.497 e. The van der Waals surface area contributed by atoms with Crippen LogP contribution in [0.25, 0.3) is 22.3 Å². The van der Waals surface area contributed by atoms with Gasteiger partial charge < -0.3 is 4.74 Å². The van der Waals surface area contributed by atoms with E-state index in [9.17, 15) is 17.6 Å². The van der Waals surface area contributed by atoms with Crippen molar-refractivity contribution in [2.24, 2.45) is 0 Å². The summed E-state index contributed by atoms with van der Waals surface area (Å²) in [6.45, 7) is 0. The summed E-state index contributed by atoms with van der Waals surface area (Å²) in [7, 11) is 1.55. The van der Waals surface area contributed by atoms with E-state index in [1.54, 1.807) is 37.4 Å². The molecule has 0 bridgehead atoms. The summed E-state index contributed by atoms with van der Waals surface area (Å²) in [5, 5.41) is 0. The van der Waals surface area contributed by atoms with E-state index in [2.05, 4.69) is 0 Å². The van der Waals surface area contributed by atoms with Crippen molar-refractivity contribution in [1.29, 1.82) is 0 Å². The van der Waals surface area contributed by atoms with Gasteiger partial charge in [0.15, 0.2) is 17.5 Å². The molecule has 0 N–H and O–H groups in total. The first kappa shape index (κ1) is 16.1. The second kappa shape index (κ2) is 6.35. The standard InChI is InChI=1S/C19H12F4O/c1-24-14-5-2-11(3-6-14)12-4-7-15(16(20)8-12)13-9-17(21)19(23)18(22)10-13/h2-10H,1H3. The van der Waals surface area contributed by atoms with Crippen LogP contribution in [0.5, 0.6) is 5.75 Å². The van der Waals surface area contributed by atoms with Crippen molar-refractivity contribution < 1.29 is 22.3 Å². The highest BCUT2D eigenvalue weighted by atomic mass is 19.2. The third-order valence-electron chi connectivity index (χ3n) is 3.69. The van der Waals surface area contributed by atoms with Crippen molar-refractivity contribution in [2.45, 2.75) is 0 Å². The van der Waals surface area contributed by atoms with Crippen molar-refractivity contribution >= 4 is 0 Å². The van der Waals surface area contributed by atoms with Gasteiger partial charge in [0.2, 0.25) is 0 Å². The van der Waals surface area contributed by atoms with E-state index < -0.39 is 23.3 Å². The molecule has 0 heterocycles. The van der Waals surface area contributed by atoms with Crippen LogP contribution in [-0.2, 0) is 0 Å². The fourth-order valence-corrected chi connectivity index (χ4v) is 2.42. The molecule has 0 saturated heterocycles. The van der Waals surface area contributed by atoms with Gasteiger partial charge in [-0.1, -0.05) is 24.3 Å². The van der Waals surface area contributed by atoms with Gasteiger partial charge in [-0.25, -0.2) is 17.6 Å². The van der Waals surface area contributed by atoms with Crippen LogP contribution in [0.15, 0.2) is 54.6 Å². The molecule has 0 amide bonds. The van der Waals surface area contributed by atoms with Crippen molar-refractivity contribution in [3.8, 4) is 28.0 Å². The lowest BCUT2D eigenvalue weighted by Crippen LogP contribution is -1.94. The molecule has 0 atom stereocenters. The molecular formula is C19H12F4O. The first-order chi connectivity index (χ1) is 11.5. The van der Waals surface area contributed by atoms with Crippen LogP contribution in [0.3, 0.4) is 0 Å². The number of halogens is 4. The monoisotopic (exact) mass is 332 g/mol. The Bertz CT molecular complexity index is 865. The maximum absolute atomic E-state index is 14.4. The third-order valence-corrected chi connectivity index (χ3v) is 3.69. The molecule has 3 aromatic rings. The molecule has 5 heteroatoms. The maximum atomic E-state index is 14.4.